The summed E-state index contributed by atoms with van der Waals surface area (Å²) in [5, 5.41) is 11.4. The summed E-state index contributed by atoms with van der Waals surface area (Å²) in [7, 11) is 0. The molecular weight excluding hydrogens is 429 g/mol. The summed E-state index contributed by atoms with van der Waals surface area (Å²) in [6.07, 6.45) is 5.35. The Labute approximate surface area is 194 Å². The Morgan fingerprint density at radius 1 is 1.09 bits per heavy atom. The highest BCUT2D eigenvalue weighted by atomic mass is 19.2. The molecule has 1 aromatic heterocycles. The molecule has 0 amide bonds. The van der Waals surface area contributed by atoms with Gasteiger partial charge in [0.05, 0.1) is 18.4 Å². The summed E-state index contributed by atoms with van der Waals surface area (Å²) < 4.78 is 64.8. The van der Waals surface area contributed by atoms with Crippen LogP contribution in [0.1, 0.15) is 34.8 Å². The lowest BCUT2D eigenvalue weighted by molar-refractivity contribution is 0.0987. The molecule has 0 spiro atoms. The van der Waals surface area contributed by atoms with Crippen molar-refractivity contribution in [3.8, 4) is 11.3 Å². The second kappa shape index (κ2) is 8.55. The summed E-state index contributed by atoms with van der Waals surface area (Å²) in [6.45, 7) is 0.681. The molecule has 4 aliphatic rings. The molecule has 2 aromatic rings. The van der Waals surface area contributed by atoms with Crippen LogP contribution in [0, 0.1) is 41.1 Å². The van der Waals surface area contributed by atoms with Crippen molar-refractivity contribution in [2.75, 3.05) is 31.5 Å². The highest BCUT2D eigenvalue weighted by molar-refractivity contribution is 5.60. The SMILES string of the molecule is [2H]C([2H])([C@H]1CO[C@@H]2CCCC21)N1C[C@H]2CC(Nc3ccc(-c4cc(F)cc(F)c4F)nn3)C[C@H]2C1. The van der Waals surface area contributed by atoms with Gasteiger partial charge in [0.2, 0.25) is 0 Å². The largest absolute Gasteiger partial charge is 0.378 e. The standard InChI is InChI=1S/C25H29F3N4O/c26-17-8-20(25(28)21(27)9-17)22-4-5-24(31-30-22)29-18-6-14-10-32(11-15(14)7-18)12-16-13-33-23-3-1-2-19(16)23/h4-5,8-9,14-16,18-19,23H,1-3,6-7,10-13H2,(H,29,31)/t14-,15+,16-,18?,19?,23+/m0/s1/i12D2. The zero-order chi connectivity index (χ0) is 24.3. The first-order chi connectivity index (χ1) is 16.8. The van der Waals surface area contributed by atoms with Crippen LogP contribution in [0.4, 0.5) is 19.0 Å². The number of hydrogen-bond acceptors (Lipinski definition) is 5. The number of halogens is 3. The third-order valence-electron chi connectivity index (χ3n) is 7.90. The topological polar surface area (TPSA) is 50.3 Å². The molecule has 0 bridgehead atoms. The van der Waals surface area contributed by atoms with Crippen molar-refractivity contribution in [1.82, 2.24) is 15.1 Å². The fourth-order valence-corrected chi connectivity index (χ4v) is 6.37. The van der Waals surface area contributed by atoms with Crippen molar-refractivity contribution in [2.45, 2.75) is 44.2 Å². The Kier molecular flexibility index (Phi) is 4.96. The van der Waals surface area contributed by atoms with Crippen LogP contribution in [0.2, 0.25) is 0 Å². The Morgan fingerprint density at radius 3 is 2.67 bits per heavy atom. The van der Waals surface area contributed by atoms with Gasteiger partial charge in [-0.05, 0) is 61.6 Å². The van der Waals surface area contributed by atoms with Crippen LogP contribution in [0.25, 0.3) is 11.3 Å². The van der Waals surface area contributed by atoms with Crippen molar-refractivity contribution in [1.29, 1.82) is 0 Å². The molecule has 2 saturated heterocycles. The molecule has 2 unspecified atom stereocenters. The smallest absolute Gasteiger partial charge is 0.168 e. The molecule has 6 atom stereocenters. The average molecular weight is 461 g/mol. The minimum atomic E-state index is -1.34. The second-order valence-electron chi connectivity index (χ2n) is 9.99. The lowest BCUT2D eigenvalue weighted by atomic mass is 9.92. The van der Waals surface area contributed by atoms with Gasteiger partial charge in [-0.1, -0.05) is 6.42 Å². The van der Waals surface area contributed by atoms with Crippen LogP contribution in [0.3, 0.4) is 0 Å². The Hall–Kier alpha value is -2.19. The first-order valence-corrected chi connectivity index (χ1v) is 11.9. The van der Waals surface area contributed by atoms with Gasteiger partial charge >= 0.3 is 0 Å². The van der Waals surface area contributed by atoms with Gasteiger partial charge in [0.1, 0.15) is 11.6 Å². The maximum atomic E-state index is 14.0. The van der Waals surface area contributed by atoms with Gasteiger partial charge in [-0.3, -0.25) is 0 Å². The fraction of sp³-hybridized carbons (Fsp3) is 0.600. The monoisotopic (exact) mass is 460 g/mol. The Bertz CT molecular complexity index is 1090. The predicted molar refractivity (Wildman–Crippen MR) is 118 cm³/mol. The van der Waals surface area contributed by atoms with Crippen LogP contribution in [0.15, 0.2) is 24.3 Å². The van der Waals surface area contributed by atoms with E-state index in [-0.39, 0.29) is 29.3 Å². The number of hydrogen-bond donors (Lipinski definition) is 1. The molecule has 1 aromatic carbocycles. The van der Waals surface area contributed by atoms with Crippen molar-refractivity contribution in [3.05, 3.63) is 41.7 Å². The second-order valence-corrected chi connectivity index (χ2v) is 9.99. The number of anilines is 1. The molecule has 3 heterocycles. The van der Waals surface area contributed by atoms with Gasteiger partial charge in [0.25, 0.3) is 0 Å². The first-order valence-electron chi connectivity index (χ1n) is 12.9. The van der Waals surface area contributed by atoms with Gasteiger partial charge in [-0.2, -0.15) is 0 Å². The third kappa shape index (κ3) is 4.12. The highest BCUT2D eigenvalue weighted by Crippen LogP contribution is 2.43. The maximum Gasteiger partial charge on any atom is 0.168 e. The molecule has 2 saturated carbocycles. The molecule has 176 valence electrons. The molecular formula is C25H29F3N4O. The molecule has 2 aliphatic carbocycles. The van der Waals surface area contributed by atoms with Crippen LogP contribution in [0.5, 0.6) is 0 Å². The fourth-order valence-electron chi connectivity index (χ4n) is 6.37. The van der Waals surface area contributed by atoms with E-state index in [0.717, 1.165) is 51.3 Å². The van der Waals surface area contributed by atoms with Crippen molar-refractivity contribution < 1.29 is 20.6 Å². The van der Waals surface area contributed by atoms with E-state index in [9.17, 15) is 13.2 Å². The van der Waals surface area contributed by atoms with E-state index in [4.69, 9.17) is 7.48 Å². The lowest BCUT2D eigenvalue weighted by Crippen LogP contribution is -2.33. The van der Waals surface area contributed by atoms with Crippen molar-refractivity contribution >= 4 is 5.82 Å². The third-order valence-corrected chi connectivity index (χ3v) is 7.90. The molecule has 33 heavy (non-hydrogen) atoms. The van der Waals surface area contributed by atoms with E-state index in [0.29, 0.717) is 36.2 Å². The quantitative estimate of drug-likeness (QED) is 0.666. The number of likely N-dealkylation sites (tertiary alicyclic amines) is 1. The summed E-state index contributed by atoms with van der Waals surface area (Å²) in [6, 6.07) is 4.73. The number of fused-ring (bicyclic) bond motifs is 2. The average Bonchev–Trinajstić information content (AvgIpc) is 3.57. The molecule has 4 fully saturated rings. The van der Waals surface area contributed by atoms with Gasteiger partial charge in [0.15, 0.2) is 11.6 Å². The summed E-state index contributed by atoms with van der Waals surface area (Å²) in [5.41, 5.74) is -0.198. The summed E-state index contributed by atoms with van der Waals surface area (Å²) >= 11 is 0. The Balaban J connectivity index is 1.07. The molecule has 0 radical (unpaired) electrons. The van der Waals surface area contributed by atoms with E-state index < -0.39 is 23.9 Å². The predicted octanol–water partition coefficient (Wildman–Crippen LogP) is 4.50. The first kappa shape index (κ1) is 19.2. The van der Waals surface area contributed by atoms with E-state index >= 15 is 0 Å². The number of nitrogens with one attached hydrogen (secondary N) is 1. The van der Waals surface area contributed by atoms with Crippen molar-refractivity contribution in [2.24, 2.45) is 23.7 Å². The number of aromatic nitrogens is 2. The van der Waals surface area contributed by atoms with Crippen LogP contribution < -0.4 is 5.32 Å². The zero-order valence-corrected chi connectivity index (χ0v) is 18.3. The van der Waals surface area contributed by atoms with E-state index in [1.165, 1.54) is 6.07 Å². The highest BCUT2D eigenvalue weighted by Gasteiger charge is 2.45. The van der Waals surface area contributed by atoms with Gasteiger partial charge in [-0.15, -0.1) is 10.2 Å². The van der Waals surface area contributed by atoms with E-state index in [1.807, 2.05) is 0 Å². The normalized spacial score (nSPS) is 34.8. The minimum Gasteiger partial charge on any atom is -0.378 e. The molecule has 2 aliphatic heterocycles. The number of benzene rings is 1. The summed E-state index contributed by atoms with van der Waals surface area (Å²) in [5.74, 6) is -1.63. The summed E-state index contributed by atoms with van der Waals surface area (Å²) in [4.78, 5) is 2.05. The van der Waals surface area contributed by atoms with Crippen LogP contribution >= 0.6 is 0 Å². The number of nitrogens with zero attached hydrogens (tertiary/aromatic N) is 3. The molecule has 6 rings (SSSR count). The number of ether oxygens (including phenoxy) is 1. The molecule has 8 heteroatoms. The van der Waals surface area contributed by atoms with Gasteiger partial charge in [-0.25, -0.2) is 13.2 Å². The van der Waals surface area contributed by atoms with E-state index in [2.05, 4.69) is 20.4 Å². The minimum absolute atomic E-state index is 0.0482. The van der Waals surface area contributed by atoms with Crippen LogP contribution in [-0.2, 0) is 4.74 Å². The lowest BCUT2D eigenvalue weighted by Gasteiger charge is -2.25. The molecule has 1 N–H and O–H groups in total. The Morgan fingerprint density at radius 2 is 1.91 bits per heavy atom. The van der Waals surface area contributed by atoms with Gasteiger partial charge < -0.3 is 15.0 Å². The zero-order valence-electron chi connectivity index (χ0n) is 20.3. The van der Waals surface area contributed by atoms with Crippen LogP contribution in [-0.4, -0.2) is 53.4 Å². The van der Waals surface area contributed by atoms with E-state index in [1.54, 1.807) is 6.07 Å². The molecule has 5 nitrogen and oxygen atoms in total. The van der Waals surface area contributed by atoms with Gasteiger partial charge in [0, 0.05) is 45.9 Å². The van der Waals surface area contributed by atoms with Crippen molar-refractivity contribution in [3.63, 3.8) is 0 Å². The number of rotatable bonds is 5. The maximum absolute atomic E-state index is 14.0.